The van der Waals surface area contributed by atoms with Crippen LogP contribution in [0.25, 0.3) is 0 Å². The first kappa shape index (κ1) is 10.2. The Hall–Kier alpha value is -1.36. The maximum atomic E-state index is 11.5. The van der Waals surface area contributed by atoms with Crippen molar-refractivity contribution in [3.8, 4) is 0 Å². The fourth-order valence-corrected chi connectivity index (χ4v) is 1.67. The quantitative estimate of drug-likeness (QED) is 0.691. The molecule has 2 heterocycles. The molecule has 0 N–H and O–H groups in total. The van der Waals surface area contributed by atoms with Crippen molar-refractivity contribution in [2.75, 3.05) is 20.1 Å². The number of piperidine rings is 1. The molecule has 82 valence electrons. The second-order valence-corrected chi connectivity index (χ2v) is 3.86. The highest BCUT2D eigenvalue weighted by Crippen LogP contribution is 2.12. The summed E-state index contributed by atoms with van der Waals surface area (Å²) in [5.74, 6) is 0. The summed E-state index contributed by atoms with van der Waals surface area (Å²) in [5, 5.41) is 0. The highest BCUT2D eigenvalue weighted by atomic mass is 16.6. The summed E-state index contributed by atoms with van der Waals surface area (Å²) in [5.41, 5.74) is 0. The summed E-state index contributed by atoms with van der Waals surface area (Å²) in [6.07, 6.45) is 6.16. The smallest absolute Gasteiger partial charge is 0.419 e. The van der Waals surface area contributed by atoms with Crippen molar-refractivity contribution in [3.63, 3.8) is 0 Å². The first-order valence-corrected chi connectivity index (χ1v) is 5.13. The molecule has 0 aromatic carbocycles. The Bertz CT molecular complexity index is 315. The monoisotopic (exact) mass is 209 g/mol. The summed E-state index contributed by atoms with van der Waals surface area (Å²) in [6.45, 7) is 1.98. The van der Waals surface area contributed by atoms with Crippen LogP contribution in [-0.4, -0.2) is 46.8 Å². The summed E-state index contributed by atoms with van der Waals surface area (Å²) in [4.78, 5) is 17.6. The van der Waals surface area contributed by atoms with E-state index in [2.05, 4.69) is 16.9 Å². The van der Waals surface area contributed by atoms with E-state index in [-0.39, 0.29) is 12.2 Å². The van der Waals surface area contributed by atoms with Crippen molar-refractivity contribution in [1.29, 1.82) is 0 Å². The van der Waals surface area contributed by atoms with Gasteiger partial charge in [-0.15, -0.1) is 0 Å². The molecule has 0 atom stereocenters. The van der Waals surface area contributed by atoms with Crippen LogP contribution in [-0.2, 0) is 4.74 Å². The van der Waals surface area contributed by atoms with Gasteiger partial charge in [-0.05, 0) is 19.9 Å². The molecule has 0 bridgehead atoms. The molecule has 0 aliphatic carbocycles. The molecule has 1 aliphatic rings. The second kappa shape index (κ2) is 4.44. The minimum Gasteiger partial charge on any atom is -0.445 e. The van der Waals surface area contributed by atoms with Crippen LogP contribution in [0, 0.1) is 0 Å². The number of nitrogens with zero attached hydrogens (tertiary/aromatic N) is 3. The molecule has 1 aromatic rings. The summed E-state index contributed by atoms with van der Waals surface area (Å²) < 4.78 is 6.70. The van der Waals surface area contributed by atoms with Gasteiger partial charge in [0.2, 0.25) is 0 Å². The number of imidazole rings is 1. The molecule has 0 spiro atoms. The van der Waals surface area contributed by atoms with E-state index in [4.69, 9.17) is 4.74 Å². The molecular formula is C10H15N3O2. The first-order chi connectivity index (χ1) is 7.25. The van der Waals surface area contributed by atoms with Gasteiger partial charge in [0.15, 0.2) is 0 Å². The summed E-state index contributed by atoms with van der Waals surface area (Å²) in [6, 6.07) is 0. The molecule has 5 nitrogen and oxygen atoms in total. The minimum absolute atomic E-state index is 0.0519. The highest BCUT2D eigenvalue weighted by Gasteiger charge is 2.20. The lowest BCUT2D eigenvalue weighted by Crippen LogP contribution is -2.35. The third kappa shape index (κ3) is 2.56. The van der Waals surface area contributed by atoms with Crippen LogP contribution in [0.3, 0.4) is 0 Å². The third-order valence-electron chi connectivity index (χ3n) is 2.65. The van der Waals surface area contributed by atoms with Crippen molar-refractivity contribution in [1.82, 2.24) is 14.5 Å². The molecule has 0 unspecified atom stereocenters. The van der Waals surface area contributed by atoms with Gasteiger partial charge in [-0.25, -0.2) is 14.3 Å². The van der Waals surface area contributed by atoms with Gasteiger partial charge in [-0.1, -0.05) is 0 Å². The molecule has 0 radical (unpaired) electrons. The Balaban J connectivity index is 1.85. The standard InChI is InChI=1S/C10H15N3O2/c1-12-5-2-9(3-6-12)15-10(14)13-7-4-11-8-13/h4,7-9H,2-3,5-6H2,1H3. The van der Waals surface area contributed by atoms with Crippen molar-refractivity contribution < 1.29 is 9.53 Å². The Kier molecular flexibility index (Phi) is 3.01. The second-order valence-electron chi connectivity index (χ2n) is 3.86. The molecule has 2 rings (SSSR count). The normalized spacial score (nSPS) is 19.0. The molecule has 0 amide bonds. The number of carbonyl (C=O) groups excluding carboxylic acids is 1. The Labute approximate surface area is 88.7 Å². The number of hydrogen-bond donors (Lipinski definition) is 0. The molecule has 1 aromatic heterocycles. The van der Waals surface area contributed by atoms with Gasteiger partial charge >= 0.3 is 6.09 Å². The predicted molar refractivity (Wildman–Crippen MR) is 54.6 cm³/mol. The lowest BCUT2D eigenvalue weighted by Gasteiger charge is -2.28. The average molecular weight is 209 g/mol. The summed E-state index contributed by atoms with van der Waals surface area (Å²) in [7, 11) is 2.08. The number of likely N-dealkylation sites (tertiary alicyclic amines) is 1. The average Bonchev–Trinajstić information content (AvgIpc) is 2.74. The van der Waals surface area contributed by atoms with Crippen LogP contribution in [0.4, 0.5) is 4.79 Å². The fourth-order valence-electron chi connectivity index (χ4n) is 1.67. The largest absolute Gasteiger partial charge is 0.445 e. The molecule has 1 saturated heterocycles. The number of ether oxygens (including phenoxy) is 1. The van der Waals surface area contributed by atoms with Crippen LogP contribution >= 0.6 is 0 Å². The molecule has 5 heteroatoms. The summed E-state index contributed by atoms with van der Waals surface area (Å²) >= 11 is 0. The Morgan fingerprint density at radius 2 is 2.20 bits per heavy atom. The van der Waals surface area contributed by atoms with E-state index in [0.717, 1.165) is 25.9 Å². The van der Waals surface area contributed by atoms with E-state index < -0.39 is 0 Å². The number of aromatic nitrogens is 2. The van der Waals surface area contributed by atoms with Gasteiger partial charge < -0.3 is 9.64 Å². The van der Waals surface area contributed by atoms with Crippen molar-refractivity contribution in [2.24, 2.45) is 0 Å². The van der Waals surface area contributed by atoms with E-state index in [9.17, 15) is 4.79 Å². The fraction of sp³-hybridized carbons (Fsp3) is 0.600. The van der Waals surface area contributed by atoms with E-state index in [1.54, 1.807) is 12.4 Å². The number of carbonyl (C=O) groups is 1. The molecular weight excluding hydrogens is 194 g/mol. The zero-order chi connectivity index (χ0) is 10.7. The predicted octanol–water partition coefficient (Wildman–Crippen LogP) is 0.962. The lowest BCUT2D eigenvalue weighted by atomic mass is 10.1. The number of rotatable bonds is 1. The molecule has 1 fully saturated rings. The zero-order valence-electron chi connectivity index (χ0n) is 8.80. The van der Waals surface area contributed by atoms with Crippen LogP contribution in [0.2, 0.25) is 0 Å². The SMILES string of the molecule is CN1CCC(OC(=O)n2ccnc2)CC1. The first-order valence-electron chi connectivity index (χ1n) is 5.13. The molecule has 15 heavy (non-hydrogen) atoms. The minimum atomic E-state index is -0.331. The third-order valence-corrected chi connectivity index (χ3v) is 2.65. The lowest BCUT2D eigenvalue weighted by molar-refractivity contribution is 0.0580. The zero-order valence-corrected chi connectivity index (χ0v) is 8.80. The van der Waals surface area contributed by atoms with E-state index in [0.29, 0.717) is 0 Å². The van der Waals surface area contributed by atoms with Crippen molar-refractivity contribution in [3.05, 3.63) is 18.7 Å². The van der Waals surface area contributed by atoms with Crippen LogP contribution in [0.5, 0.6) is 0 Å². The van der Waals surface area contributed by atoms with Crippen molar-refractivity contribution >= 4 is 6.09 Å². The van der Waals surface area contributed by atoms with Gasteiger partial charge in [0.05, 0.1) is 0 Å². The van der Waals surface area contributed by atoms with Gasteiger partial charge in [-0.2, -0.15) is 0 Å². The Morgan fingerprint density at radius 1 is 1.47 bits per heavy atom. The topological polar surface area (TPSA) is 47.4 Å². The van der Waals surface area contributed by atoms with Crippen LogP contribution < -0.4 is 0 Å². The maximum Gasteiger partial charge on any atom is 0.419 e. The molecule has 1 aliphatic heterocycles. The van der Waals surface area contributed by atoms with E-state index in [1.807, 2.05) is 0 Å². The maximum absolute atomic E-state index is 11.5. The van der Waals surface area contributed by atoms with Gasteiger partial charge in [0, 0.05) is 25.5 Å². The van der Waals surface area contributed by atoms with Crippen LogP contribution in [0.1, 0.15) is 12.8 Å². The van der Waals surface area contributed by atoms with E-state index in [1.165, 1.54) is 10.9 Å². The van der Waals surface area contributed by atoms with Gasteiger partial charge in [0.25, 0.3) is 0 Å². The van der Waals surface area contributed by atoms with E-state index >= 15 is 0 Å². The van der Waals surface area contributed by atoms with Crippen molar-refractivity contribution in [2.45, 2.75) is 18.9 Å². The van der Waals surface area contributed by atoms with Gasteiger partial charge in [-0.3, -0.25) is 0 Å². The molecule has 0 saturated carbocycles. The van der Waals surface area contributed by atoms with Gasteiger partial charge in [0.1, 0.15) is 12.4 Å². The number of hydrogen-bond acceptors (Lipinski definition) is 4. The Morgan fingerprint density at radius 3 is 2.80 bits per heavy atom. The van der Waals surface area contributed by atoms with Crippen LogP contribution in [0.15, 0.2) is 18.7 Å². The highest BCUT2D eigenvalue weighted by molar-refractivity contribution is 5.70.